The molecule has 24 heavy (non-hydrogen) atoms. The lowest BCUT2D eigenvalue weighted by atomic mass is 10.0. The molecule has 0 bridgehead atoms. The van der Waals surface area contributed by atoms with Gasteiger partial charge in [0, 0.05) is 0 Å². The van der Waals surface area contributed by atoms with Gasteiger partial charge in [0.05, 0.1) is 6.54 Å². The molecule has 0 aromatic heterocycles. The summed E-state index contributed by atoms with van der Waals surface area (Å²) in [5, 5.41) is 9.40. The van der Waals surface area contributed by atoms with E-state index in [0.717, 1.165) is 18.4 Å². The number of rotatable bonds is 18. The van der Waals surface area contributed by atoms with E-state index in [9.17, 15) is 5.21 Å². The van der Waals surface area contributed by atoms with E-state index in [2.05, 4.69) is 6.92 Å². The van der Waals surface area contributed by atoms with Crippen molar-refractivity contribution in [3.05, 3.63) is 5.21 Å². The third-order valence-corrected chi connectivity index (χ3v) is 4.46. The van der Waals surface area contributed by atoms with Crippen LogP contribution in [-0.2, 0) is 0 Å². The van der Waals surface area contributed by atoms with Crippen molar-refractivity contribution in [2.24, 2.45) is 5.73 Å². The molecule has 0 radical (unpaired) electrons. The van der Waals surface area contributed by atoms with Crippen molar-refractivity contribution >= 4 is 0 Å². The maximum absolute atomic E-state index is 9.40. The van der Waals surface area contributed by atoms with Crippen molar-refractivity contribution in [2.75, 3.05) is 13.1 Å². The number of quaternary nitrogens is 1. The summed E-state index contributed by atoms with van der Waals surface area (Å²) in [6, 6.07) is 0. The Balaban J connectivity index is 0. The van der Waals surface area contributed by atoms with Crippen LogP contribution in [0.4, 0.5) is 0 Å². The molecule has 0 heterocycles. The summed E-state index contributed by atoms with van der Waals surface area (Å²) in [6.07, 6.45) is 23.8. The van der Waals surface area contributed by atoms with Gasteiger partial charge in [-0.3, -0.25) is 0 Å². The number of hydrogen-bond donors (Lipinski definition) is 2. The van der Waals surface area contributed by atoms with Crippen LogP contribution in [0, 0.1) is 5.21 Å². The van der Waals surface area contributed by atoms with Crippen LogP contribution in [0.1, 0.15) is 123 Å². The SMILES string of the molecule is CCCCCCCCCCCCCCCCCCN.CCC[NH2+][O-]. The van der Waals surface area contributed by atoms with Crippen LogP contribution in [-0.4, -0.2) is 13.1 Å². The fraction of sp³-hybridized carbons (Fsp3) is 1.00. The van der Waals surface area contributed by atoms with Gasteiger partial charge in [0.1, 0.15) is 0 Å². The standard InChI is InChI=1S/C18H39N.C3H9NO/c1-2-3-4-5-6-7-8-9-10-11-12-13-14-15-16-17-18-19;1-2-3-4-5/h2-19H2,1H3;2-4H2,1H3. The molecule has 0 aromatic carbocycles. The average Bonchev–Trinajstić information content (AvgIpc) is 2.60. The van der Waals surface area contributed by atoms with Gasteiger partial charge in [0.2, 0.25) is 0 Å². The molecule has 4 N–H and O–H groups in total. The summed E-state index contributed by atoms with van der Waals surface area (Å²) in [4.78, 5) is 0. The van der Waals surface area contributed by atoms with Crippen LogP contribution in [0.2, 0.25) is 0 Å². The molecule has 0 spiro atoms. The van der Waals surface area contributed by atoms with Gasteiger partial charge < -0.3 is 16.4 Å². The van der Waals surface area contributed by atoms with E-state index in [1.165, 1.54) is 103 Å². The smallest absolute Gasteiger partial charge is 0.0749 e. The summed E-state index contributed by atoms with van der Waals surface area (Å²) in [6.45, 7) is 5.85. The predicted molar refractivity (Wildman–Crippen MR) is 109 cm³/mol. The van der Waals surface area contributed by atoms with Crippen LogP contribution in [0.25, 0.3) is 0 Å². The lowest BCUT2D eigenvalue weighted by molar-refractivity contribution is -0.588. The molecule has 0 aliphatic carbocycles. The van der Waals surface area contributed by atoms with Crippen LogP contribution >= 0.6 is 0 Å². The Labute approximate surface area is 153 Å². The zero-order chi connectivity index (χ0) is 18.1. The molecule has 0 aliphatic rings. The van der Waals surface area contributed by atoms with Crippen molar-refractivity contribution in [1.82, 2.24) is 0 Å². The first-order chi connectivity index (χ1) is 11.8. The quantitative estimate of drug-likeness (QED) is 0.249. The van der Waals surface area contributed by atoms with E-state index in [4.69, 9.17) is 5.73 Å². The number of hydroxylamine groups is 1. The predicted octanol–water partition coefficient (Wildman–Crippen LogP) is 5.66. The molecule has 3 heteroatoms. The van der Waals surface area contributed by atoms with Gasteiger partial charge in [-0.15, -0.1) is 0 Å². The van der Waals surface area contributed by atoms with Gasteiger partial charge in [-0.25, -0.2) is 0 Å². The maximum atomic E-state index is 9.40. The minimum Gasteiger partial charge on any atom is -0.636 e. The van der Waals surface area contributed by atoms with Crippen molar-refractivity contribution in [3.8, 4) is 0 Å². The average molecular weight is 345 g/mol. The number of nitrogens with two attached hydrogens (primary N) is 2. The Kier molecular flexibility index (Phi) is 30.2. The van der Waals surface area contributed by atoms with Crippen LogP contribution in [0.15, 0.2) is 0 Å². The summed E-state index contributed by atoms with van der Waals surface area (Å²) < 4.78 is 0. The number of unbranched alkanes of at least 4 members (excludes halogenated alkanes) is 15. The molecule has 148 valence electrons. The fourth-order valence-corrected chi connectivity index (χ4v) is 2.81. The fourth-order valence-electron chi connectivity index (χ4n) is 2.81. The van der Waals surface area contributed by atoms with E-state index >= 15 is 0 Å². The first-order valence-corrected chi connectivity index (χ1v) is 11.0. The van der Waals surface area contributed by atoms with Crippen molar-refractivity contribution in [1.29, 1.82) is 0 Å². The van der Waals surface area contributed by atoms with Gasteiger partial charge in [-0.05, 0) is 19.4 Å². The highest BCUT2D eigenvalue weighted by atomic mass is 16.5. The summed E-state index contributed by atoms with van der Waals surface area (Å²) >= 11 is 0. The lowest BCUT2D eigenvalue weighted by Crippen LogP contribution is -2.77. The highest BCUT2D eigenvalue weighted by Crippen LogP contribution is 2.13. The third-order valence-electron chi connectivity index (χ3n) is 4.46. The first kappa shape index (κ1) is 26.1. The zero-order valence-corrected chi connectivity index (χ0v) is 17.0. The molecule has 3 nitrogen and oxygen atoms in total. The Morgan fingerprint density at radius 2 is 0.875 bits per heavy atom. The van der Waals surface area contributed by atoms with E-state index in [-0.39, 0.29) is 0 Å². The van der Waals surface area contributed by atoms with Gasteiger partial charge in [-0.2, -0.15) is 0 Å². The monoisotopic (exact) mass is 344 g/mol. The van der Waals surface area contributed by atoms with Gasteiger partial charge in [-0.1, -0.05) is 110 Å². The van der Waals surface area contributed by atoms with Crippen LogP contribution in [0.3, 0.4) is 0 Å². The second kappa shape index (κ2) is 27.7. The highest BCUT2D eigenvalue weighted by Gasteiger charge is 1.94. The molecule has 0 atom stereocenters. The Morgan fingerprint density at radius 1 is 0.542 bits per heavy atom. The number of hydrogen-bond acceptors (Lipinski definition) is 2. The van der Waals surface area contributed by atoms with Crippen LogP contribution < -0.4 is 11.2 Å². The topological polar surface area (TPSA) is 65.7 Å². The minimum absolute atomic E-state index is 0.708. The molecule has 0 aromatic rings. The van der Waals surface area contributed by atoms with Crippen molar-refractivity contribution < 1.29 is 5.48 Å². The molecule has 0 rings (SSSR count). The van der Waals surface area contributed by atoms with Crippen molar-refractivity contribution in [3.63, 3.8) is 0 Å². The second-order valence-corrected chi connectivity index (χ2v) is 7.05. The normalized spacial score (nSPS) is 10.5. The highest BCUT2D eigenvalue weighted by molar-refractivity contribution is 4.49. The lowest BCUT2D eigenvalue weighted by Gasteiger charge is -2.03. The summed E-state index contributed by atoms with van der Waals surface area (Å²) in [7, 11) is 0. The van der Waals surface area contributed by atoms with Gasteiger partial charge >= 0.3 is 0 Å². The van der Waals surface area contributed by atoms with E-state index in [1.54, 1.807) is 0 Å². The van der Waals surface area contributed by atoms with Crippen LogP contribution in [0.5, 0.6) is 0 Å². The first-order valence-electron chi connectivity index (χ1n) is 11.0. The van der Waals surface area contributed by atoms with Gasteiger partial charge in [0.15, 0.2) is 0 Å². The Morgan fingerprint density at radius 3 is 1.08 bits per heavy atom. The molecule has 0 unspecified atom stereocenters. The molecule has 0 fully saturated rings. The minimum atomic E-state index is 0.708. The Hall–Kier alpha value is -0.120. The maximum Gasteiger partial charge on any atom is 0.0749 e. The van der Waals surface area contributed by atoms with Gasteiger partial charge in [0.25, 0.3) is 0 Å². The molecule has 0 saturated heterocycles. The Bertz CT molecular complexity index is 171. The summed E-state index contributed by atoms with van der Waals surface area (Å²) in [5.74, 6) is 0. The van der Waals surface area contributed by atoms with E-state index in [0.29, 0.717) is 6.54 Å². The molecular formula is C21H48N2O. The zero-order valence-electron chi connectivity index (χ0n) is 17.0. The second-order valence-electron chi connectivity index (χ2n) is 7.05. The molecule has 0 saturated carbocycles. The van der Waals surface area contributed by atoms with E-state index < -0.39 is 0 Å². The summed E-state index contributed by atoms with van der Waals surface area (Å²) in [5.41, 5.74) is 6.41. The largest absolute Gasteiger partial charge is 0.636 e. The third kappa shape index (κ3) is 29.8. The molecule has 0 amide bonds. The molecule has 0 aliphatic heterocycles. The van der Waals surface area contributed by atoms with Crippen molar-refractivity contribution in [2.45, 2.75) is 123 Å². The van der Waals surface area contributed by atoms with E-state index in [1.807, 2.05) is 6.92 Å². The molecular weight excluding hydrogens is 296 g/mol.